The van der Waals surface area contributed by atoms with Crippen molar-refractivity contribution in [2.75, 3.05) is 0 Å². The van der Waals surface area contributed by atoms with Crippen molar-refractivity contribution < 1.29 is 4.79 Å². The number of hydrogen-bond donors (Lipinski definition) is 2. The molecule has 0 aliphatic carbocycles. The van der Waals surface area contributed by atoms with Crippen LogP contribution in [0.4, 0.5) is 0 Å². The van der Waals surface area contributed by atoms with Gasteiger partial charge in [0.05, 0.1) is 24.2 Å². The van der Waals surface area contributed by atoms with Crippen LogP contribution in [0.2, 0.25) is 0 Å². The Balaban J connectivity index is 1.66. The van der Waals surface area contributed by atoms with Crippen LogP contribution in [0.25, 0.3) is 10.9 Å². The highest BCUT2D eigenvalue weighted by atomic mass is 16.1. The number of aryl methyl sites for hydroxylation is 1. The Morgan fingerprint density at radius 2 is 2.14 bits per heavy atom. The zero-order valence-corrected chi connectivity index (χ0v) is 11.9. The zero-order valence-electron chi connectivity index (χ0n) is 11.9. The summed E-state index contributed by atoms with van der Waals surface area (Å²) in [5, 5.41) is 3.98. The van der Waals surface area contributed by atoms with Crippen molar-refractivity contribution in [3.63, 3.8) is 0 Å². The first kappa shape index (κ1) is 13.4. The summed E-state index contributed by atoms with van der Waals surface area (Å²) >= 11 is 0. The average molecular weight is 279 g/mol. The van der Waals surface area contributed by atoms with Gasteiger partial charge in [0.25, 0.3) is 0 Å². The van der Waals surface area contributed by atoms with Crippen LogP contribution in [-0.2, 0) is 17.8 Å². The van der Waals surface area contributed by atoms with E-state index in [1.54, 1.807) is 0 Å². The lowest BCUT2D eigenvalue weighted by Crippen LogP contribution is -2.25. The Kier molecular flexibility index (Phi) is 3.69. The topological polar surface area (TPSA) is 57.8 Å². The van der Waals surface area contributed by atoms with Crippen LogP contribution >= 0.6 is 0 Å². The number of amides is 1. The molecule has 0 fully saturated rings. The van der Waals surface area contributed by atoms with Crippen LogP contribution in [0, 0.1) is 6.92 Å². The number of H-pyrrole nitrogens is 1. The summed E-state index contributed by atoms with van der Waals surface area (Å²) in [4.78, 5) is 19.5. The predicted molar refractivity (Wildman–Crippen MR) is 82.8 cm³/mol. The second-order valence-electron chi connectivity index (χ2n) is 5.15. The molecule has 1 aromatic carbocycles. The largest absolute Gasteiger partial charge is 0.364 e. The molecule has 0 aliphatic rings. The summed E-state index contributed by atoms with van der Waals surface area (Å²) in [6, 6.07) is 13.9. The monoisotopic (exact) mass is 279 g/mol. The summed E-state index contributed by atoms with van der Waals surface area (Å²) < 4.78 is 0. The maximum Gasteiger partial charge on any atom is 0.226 e. The van der Waals surface area contributed by atoms with Gasteiger partial charge in [-0.2, -0.15) is 0 Å². The van der Waals surface area contributed by atoms with Crippen LogP contribution in [0.1, 0.15) is 17.0 Å². The Morgan fingerprint density at radius 3 is 2.95 bits per heavy atom. The molecule has 3 aromatic rings. The molecule has 2 aromatic heterocycles. The second-order valence-corrected chi connectivity index (χ2v) is 5.15. The van der Waals surface area contributed by atoms with Gasteiger partial charge in [0.2, 0.25) is 5.91 Å². The van der Waals surface area contributed by atoms with E-state index in [0.717, 1.165) is 22.3 Å². The number of aromatic amines is 1. The molecule has 0 bridgehead atoms. The van der Waals surface area contributed by atoms with Crippen LogP contribution < -0.4 is 5.32 Å². The lowest BCUT2D eigenvalue weighted by Gasteiger charge is -2.05. The number of nitrogens with zero attached hydrogens (tertiary/aromatic N) is 1. The first-order valence-corrected chi connectivity index (χ1v) is 6.96. The minimum Gasteiger partial charge on any atom is -0.364 e. The lowest BCUT2D eigenvalue weighted by atomic mass is 10.1. The third-order valence-corrected chi connectivity index (χ3v) is 3.38. The number of rotatable bonds is 4. The van der Waals surface area contributed by atoms with E-state index in [2.05, 4.69) is 28.3 Å². The molecular weight excluding hydrogens is 262 g/mol. The van der Waals surface area contributed by atoms with Crippen LogP contribution in [0.3, 0.4) is 0 Å². The summed E-state index contributed by atoms with van der Waals surface area (Å²) in [5.74, 6) is -0.0245. The minimum absolute atomic E-state index is 0.0245. The molecule has 21 heavy (non-hydrogen) atoms. The van der Waals surface area contributed by atoms with Crippen molar-refractivity contribution in [2.45, 2.75) is 19.9 Å². The number of benzene rings is 1. The van der Waals surface area contributed by atoms with Crippen LogP contribution in [0.15, 0.2) is 48.7 Å². The Morgan fingerprint density at radius 1 is 1.24 bits per heavy atom. The average Bonchev–Trinajstić information content (AvgIpc) is 2.99. The van der Waals surface area contributed by atoms with Gasteiger partial charge in [-0.1, -0.05) is 17.7 Å². The predicted octanol–water partition coefficient (Wildman–Crippen LogP) is 2.73. The number of aromatic nitrogens is 2. The van der Waals surface area contributed by atoms with E-state index in [0.29, 0.717) is 13.0 Å². The number of pyridine rings is 1. The summed E-state index contributed by atoms with van der Waals surface area (Å²) in [7, 11) is 0. The fraction of sp³-hybridized carbons (Fsp3) is 0.176. The number of carbonyl (C=O) groups excluding carboxylic acids is 1. The van der Waals surface area contributed by atoms with Gasteiger partial charge < -0.3 is 10.3 Å². The molecule has 3 rings (SSSR count). The van der Waals surface area contributed by atoms with E-state index < -0.39 is 0 Å². The van der Waals surface area contributed by atoms with E-state index in [1.807, 2.05) is 42.6 Å². The number of carbonyl (C=O) groups is 1. The second kappa shape index (κ2) is 5.79. The number of nitrogens with one attached hydrogen (secondary N) is 2. The fourth-order valence-electron chi connectivity index (χ4n) is 2.28. The molecule has 2 N–H and O–H groups in total. The first-order valence-electron chi connectivity index (χ1n) is 6.96. The summed E-state index contributed by atoms with van der Waals surface area (Å²) in [6.45, 7) is 2.57. The molecule has 0 aliphatic heterocycles. The van der Waals surface area contributed by atoms with E-state index in [-0.39, 0.29) is 5.91 Å². The molecular formula is C17H17N3O. The van der Waals surface area contributed by atoms with Gasteiger partial charge >= 0.3 is 0 Å². The molecule has 0 radical (unpaired) electrons. The van der Waals surface area contributed by atoms with Crippen LogP contribution in [0.5, 0.6) is 0 Å². The van der Waals surface area contributed by atoms with E-state index >= 15 is 0 Å². The molecule has 0 atom stereocenters. The summed E-state index contributed by atoms with van der Waals surface area (Å²) in [5.41, 5.74) is 3.91. The Bertz CT molecular complexity index is 763. The van der Waals surface area contributed by atoms with Gasteiger partial charge in [0.15, 0.2) is 0 Å². The highest BCUT2D eigenvalue weighted by Gasteiger charge is 2.06. The third kappa shape index (κ3) is 3.28. The maximum atomic E-state index is 11.9. The third-order valence-electron chi connectivity index (χ3n) is 3.38. The van der Waals surface area contributed by atoms with Crippen molar-refractivity contribution in [3.05, 3.63) is 65.6 Å². The molecule has 4 heteroatoms. The van der Waals surface area contributed by atoms with Gasteiger partial charge in [-0.05, 0) is 37.3 Å². The van der Waals surface area contributed by atoms with Crippen molar-refractivity contribution in [3.8, 4) is 0 Å². The standard InChI is InChI=1S/C17H17N3O/c1-12-4-7-16-13(9-12)5-6-14(20-16)10-17(21)19-11-15-3-2-8-18-15/h2-9,18H,10-11H2,1H3,(H,19,21). The molecule has 2 heterocycles. The van der Waals surface area contributed by atoms with Crippen molar-refractivity contribution in [2.24, 2.45) is 0 Å². The fourth-order valence-corrected chi connectivity index (χ4v) is 2.28. The van der Waals surface area contributed by atoms with Crippen molar-refractivity contribution in [1.29, 1.82) is 0 Å². The molecule has 0 spiro atoms. The van der Waals surface area contributed by atoms with E-state index in [4.69, 9.17) is 0 Å². The van der Waals surface area contributed by atoms with Crippen molar-refractivity contribution in [1.82, 2.24) is 15.3 Å². The molecule has 106 valence electrons. The molecule has 4 nitrogen and oxygen atoms in total. The highest BCUT2D eigenvalue weighted by Crippen LogP contribution is 2.14. The van der Waals surface area contributed by atoms with Gasteiger partial charge in [0, 0.05) is 17.3 Å². The minimum atomic E-state index is -0.0245. The highest BCUT2D eigenvalue weighted by molar-refractivity contribution is 5.82. The molecule has 0 unspecified atom stereocenters. The SMILES string of the molecule is Cc1ccc2nc(CC(=O)NCc3ccc[nH]3)ccc2c1. The molecule has 0 saturated carbocycles. The number of hydrogen-bond acceptors (Lipinski definition) is 2. The zero-order chi connectivity index (χ0) is 14.7. The number of fused-ring (bicyclic) bond motifs is 1. The van der Waals surface area contributed by atoms with Gasteiger partial charge in [-0.25, -0.2) is 0 Å². The van der Waals surface area contributed by atoms with Gasteiger partial charge in [-0.15, -0.1) is 0 Å². The van der Waals surface area contributed by atoms with Crippen LogP contribution in [-0.4, -0.2) is 15.9 Å². The Labute approximate surface area is 123 Å². The maximum absolute atomic E-state index is 11.9. The molecule has 0 saturated heterocycles. The smallest absolute Gasteiger partial charge is 0.226 e. The van der Waals surface area contributed by atoms with Gasteiger partial charge in [-0.3, -0.25) is 9.78 Å². The Hall–Kier alpha value is -2.62. The summed E-state index contributed by atoms with van der Waals surface area (Å²) in [6.07, 6.45) is 2.14. The first-order chi connectivity index (χ1) is 10.2. The normalized spacial score (nSPS) is 10.7. The van der Waals surface area contributed by atoms with Gasteiger partial charge in [0.1, 0.15) is 0 Å². The molecule has 1 amide bonds. The van der Waals surface area contributed by atoms with E-state index in [9.17, 15) is 4.79 Å². The lowest BCUT2D eigenvalue weighted by molar-refractivity contribution is -0.120. The quantitative estimate of drug-likeness (QED) is 0.771. The van der Waals surface area contributed by atoms with Crippen molar-refractivity contribution >= 4 is 16.8 Å². The van der Waals surface area contributed by atoms with E-state index in [1.165, 1.54) is 5.56 Å².